The largest absolute Gasteiger partial charge is 0.361 e. The normalized spacial score (nSPS) is 19.1. The maximum Gasteiger partial charge on any atom is 0.0927 e. The van der Waals surface area contributed by atoms with Crippen molar-refractivity contribution in [3.63, 3.8) is 0 Å². The summed E-state index contributed by atoms with van der Waals surface area (Å²) in [5.74, 6) is 1.13. The third-order valence-electron chi connectivity index (χ3n) is 3.26. The molecule has 20 heavy (non-hydrogen) atoms. The van der Waals surface area contributed by atoms with Gasteiger partial charge in [0.15, 0.2) is 0 Å². The van der Waals surface area contributed by atoms with Crippen molar-refractivity contribution in [2.45, 2.75) is 46.5 Å². The SMILES string of the molecule is CCCCS/C(C)=N/N=C(\C)C1=CNC(=C2CC2)C=C1. The first-order valence-electron chi connectivity index (χ1n) is 7.29. The fourth-order valence-corrected chi connectivity index (χ4v) is 2.62. The van der Waals surface area contributed by atoms with Crippen molar-refractivity contribution in [1.82, 2.24) is 5.32 Å². The second-order valence-corrected chi connectivity index (χ2v) is 6.39. The molecule has 4 heteroatoms. The fourth-order valence-electron chi connectivity index (χ4n) is 1.80. The molecule has 0 aromatic rings. The van der Waals surface area contributed by atoms with E-state index in [4.69, 9.17) is 0 Å². The Kier molecular flexibility index (Phi) is 5.65. The Morgan fingerprint density at radius 2 is 2.05 bits per heavy atom. The Morgan fingerprint density at radius 1 is 1.25 bits per heavy atom. The van der Waals surface area contributed by atoms with E-state index in [0.29, 0.717) is 0 Å². The molecule has 0 unspecified atom stereocenters. The summed E-state index contributed by atoms with van der Waals surface area (Å²) in [4.78, 5) is 0. The van der Waals surface area contributed by atoms with Gasteiger partial charge in [-0.25, -0.2) is 0 Å². The molecular weight excluding hydrogens is 266 g/mol. The minimum atomic E-state index is 0.948. The highest BCUT2D eigenvalue weighted by molar-refractivity contribution is 8.13. The van der Waals surface area contributed by atoms with E-state index in [9.17, 15) is 0 Å². The Balaban J connectivity index is 1.89. The average Bonchev–Trinajstić information content (AvgIpc) is 3.30. The van der Waals surface area contributed by atoms with E-state index < -0.39 is 0 Å². The second-order valence-electron chi connectivity index (χ2n) is 5.10. The number of thioether (sulfide) groups is 1. The van der Waals surface area contributed by atoms with Gasteiger partial charge >= 0.3 is 0 Å². The molecule has 0 amide bonds. The lowest BCUT2D eigenvalue weighted by Crippen LogP contribution is -2.11. The lowest BCUT2D eigenvalue weighted by molar-refractivity contribution is 0.898. The number of nitrogens with zero attached hydrogens (tertiary/aromatic N) is 2. The number of allylic oxidation sites excluding steroid dienone is 4. The highest BCUT2D eigenvalue weighted by Gasteiger charge is 2.17. The molecule has 0 aromatic heterocycles. The van der Waals surface area contributed by atoms with Crippen LogP contribution in [0.2, 0.25) is 0 Å². The van der Waals surface area contributed by atoms with Crippen LogP contribution in [0.1, 0.15) is 46.5 Å². The summed E-state index contributed by atoms with van der Waals surface area (Å²) < 4.78 is 0. The molecule has 1 fully saturated rings. The number of hydrogen-bond acceptors (Lipinski definition) is 4. The molecule has 0 spiro atoms. The number of hydrogen-bond donors (Lipinski definition) is 1. The molecule has 0 radical (unpaired) electrons. The average molecular weight is 289 g/mol. The Morgan fingerprint density at radius 3 is 2.65 bits per heavy atom. The summed E-state index contributed by atoms with van der Waals surface area (Å²) >= 11 is 1.78. The smallest absolute Gasteiger partial charge is 0.0927 e. The monoisotopic (exact) mass is 289 g/mol. The molecule has 2 rings (SSSR count). The topological polar surface area (TPSA) is 36.8 Å². The maximum atomic E-state index is 4.32. The van der Waals surface area contributed by atoms with Crippen molar-refractivity contribution in [1.29, 1.82) is 0 Å². The molecule has 0 atom stereocenters. The lowest BCUT2D eigenvalue weighted by atomic mass is 10.1. The van der Waals surface area contributed by atoms with E-state index >= 15 is 0 Å². The van der Waals surface area contributed by atoms with Crippen LogP contribution >= 0.6 is 11.8 Å². The van der Waals surface area contributed by atoms with Crippen molar-refractivity contribution in [2.75, 3.05) is 5.75 Å². The van der Waals surface area contributed by atoms with Crippen molar-refractivity contribution in [3.05, 3.63) is 35.2 Å². The predicted molar refractivity (Wildman–Crippen MR) is 90.2 cm³/mol. The van der Waals surface area contributed by atoms with Gasteiger partial charge in [0, 0.05) is 17.5 Å². The van der Waals surface area contributed by atoms with Crippen molar-refractivity contribution in [2.24, 2.45) is 10.2 Å². The van der Waals surface area contributed by atoms with Crippen LogP contribution in [0, 0.1) is 0 Å². The van der Waals surface area contributed by atoms with Crippen LogP contribution in [0.25, 0.3) is 0 Å². The summed E-state index contributed by atoms with van der Waals surface area (Å²) in [6.45, 7) is 6.23. The highest BCUT2D eigenvalue weighted by atomic mass is 32.2. The van der Waals surface area contributed by atoms with Gasteiger partial charge in [0.1, 0.15) is 0 Å². The molecule has 1 N–H and O–H groups in total. The van der Waals surface area contributed by atoms with Gasteiger partial charge in [-0.15, -0.1) is 16.9 Å². The van der Waals surface area contributed by atoms with Gasteiger partial charge < -0.3 is 5.32 Å². The predicted octanol–water partition coefficient (Wildman–Crippen LogP) is 4.41. The van der Waals surface area contributed by atoms with E-state index in [0.717, 1.165) is 22.1 Å². The third kappa shape index (κ3) is 4.67. The first-order valence-corrected chi connectivity index (χ1v) is 8.28. The maximum absolute atomic E-state index is 4.32. The molecule has 1 saturated carbocycles. The standard InChI is InChI=1S/C16H23N3S/c1-4-5-10-20-13(3)19-18-12(2)15-8-9-16(17-11-15)14-6-7-14/h8-9,11,17H,4-7,10H2,1-3H3/b18-12+,19-13+. The second kappa shape index (κ2) is 7.48. The van der Waals surface area contributed by atoms with Crippen LogP contribution < -0.4 is 5.32 Å². The zero-order valence-corrected chi connectivity index (χ0v) is 13.4. The fraction of sp³-hybridized carbons (Fsp3) is 0.500. The zero-order valence-electron chi connectivity index (χ0n) is 12.6. The molecule has 1 heterocycles. The molecule has 2 aliphatic rings. The molecular formula is C16H23N3S. The minimum Gasteiger partial charge on any atom is -0.361 e. The summed E-state index contributed by atoms with van der Waals surface area (Å²) in [6.07, 6.45) is 11.2. The quantitative estimate of drug-likeness (QED) is 0.352. The summed E-state index contributed by atoms with van der Waals surface area (Å²) in [5.41, 5.74) is 4.83. The summed E-state index contributed by atoms with van der Waals surface area (Å²) in [5, 5.41) is 13.0. The van der Waals surface area contributed by atoms with Gasteiger partial charge in [-0.3, -0.25) is 0 Å². The number of unbranched alkanes of at least 4 members (excludes halogenated alkanes) is 1. The number of nitrogens with one attached hydrogen (secondary N) is 1. The van der Waals surface area contributed by atoms with Crippen LogP contribution in [-0.4, -0.2) is 16.5 Å². The first kappa shape index (κ1) is 15.1. The minimum absolute atomic E-state index is 0.948. The Hall–Kier alpha value is -1.29. The molecule has 0 saturated heterocycles. The van der Waals surface area contributed by atoms with Crippen LogP contribution in [0.15, 0.2) is 45.4 Å². The van der Waals surface area contributed by atoms with Crippen molar-refractivity contribution in [3.8, 4) is 0 Å². The Labute approximate surface area is 126 Å². The van der Waals surface area contributed by atoms with E-state index in [-0.39, 0.29) is 0 Å². The van der Waals surface area contributed by atoms with Crippen LogP contribution in [0.4, 0.5) is 0 Å². The first-order chi connectivity index (χ1) is 9.70. The van der Waals surface area contributed by atoms with Crippen LogP contribution in [0.5, 0.6) is 0 Å². The number of dihydropyridines is 1. The van der Waals surface area contributed by atoms with Gasteiger partial charge in [-0.2, -0.15) is 5.10 Å². The molecule has 0 bridgehead atoms. The van der Waals surface area contributed by atoms with E-state index in [1.165, 1.54) is 37.0 Å². The Bertz CT molecular complexity index is 504. The highest BCUT2D eigenvalue weighted by Crippen LogP contribution is 2.32. The molecule has 108 valence electrons. The molecule has 1 aliphatic carbocycles. The van der Waals surface area contributed by atoms with E-state index in [1.807, 2.05) is 20.0 Å². The van der Waals surface area contributed by atoms with Crippen LogP contribution in [-0.2, 0) is 0 Å². The van der Waals surface area contributed by atoms with E-state index in [2.05, 4.69) is 34.6 Å². The summed E-state index contributed by atoms with van der Waals surface area (Å²) in [7, 11) is 0. The zero-order chi connectivity index (χ0) is 14.4. The third-order valence-corrected chi connectivity index (χ3v) is 4.25. The van der Waals surface area contributed by atoms with Crippen molar-refractivity contribution >= 4 is 22.5 Å². The summed E-state index contributed by atoms with van der Waals surface area (Å²) in [6, 6.07) is 0. The van der Waals surface area contributed by atoms with Gasteiger partial charge in [-0.1, -0.05) is 13.3 Å². The molecule has 0 aromatic carbocycles. The van der Waals surface area contributed by atoms with Gasteiger partial charge in [0.2, 0.25) is 0 Å². The van der Waals surface area contributed by atoms with E-state index in [1.54, 1.807) is 11.8 Å². The van der Waals surface area contributed by atoms with Crippen LogP contribution in [0.3, 0.4) is 0 Å². The van der Waals surface area contributed by atoms with Crippen molar-refractivity contribution < 1.29 is 0 Å². The number of rotatable bonds is 5. The molecule has 1 aliphatic heterocycles. The molecule has 3 nitrogen and oxygen atoms in total. The van der Waals surface area contributed by atoms with Gasteiger partial charge in [0.25, 0.3) is 0 Å². The lowest BCUT2D eigenvalue weighted by Gasteiger charge is -2.10. The van der Waals surface area contributed by atoms with Gasteiger partial charge in [-0.05, 0) is 56.6 Å². The van der Waals surface area contributed by atoms with Gasteiger partial charge in [0.05, 0.1) is 10.8 Å².